The standard InChI is InChI=1S/C11H8O6/c1-16-9-2-5-8(3-7(9)12)17-4-6(10(5)13)11(14)15/h2-4,12H,1H3,(H,14,15). The Morgan fingerprint density at radius 3 is 2.71 bits per heavy atom. The van der Waals surface area contributed by atoms with Crippen molar-refractivity contribution in [3.63, 3.8) is 0 Å². The fourth-order valence-electron chi connectivity index (χ4n) is 1.46. The highest BCUT2D eigenvalue weighted by Gasteiger charge is 2.15. The lowest BCUT2D eigenvalue weighted by Gasteiger charge is -2.04. The summed E-state index contributed by atoms with van der Waals surface area (Å²) in [6.07, 6.45) is 0.846. The maximum atomic E-state index is 11.8. The molecular weight excluding hydrogens is 228 g/mol. The van der Waals surface area contributed by atoms with E-state index in [0.717, 1.165) is 6.26 Å². The molecule has 0 atom stereocenters. The number of fused-ring (bicyclic) bond motifs is 1. The molecule has 0 saturated carbocycles. The molecule has 1 aromatic heterocycles. The van der Waals surface area contributed by atoms with Gasteiger partial charge in [-0.15, -0.1) is 0 Å². The molecule has 88 valence electrons. The zero-order valence-electron chi connectivity index (χ0n) is 8.76. The van der Waals surface area contributed by atoms with E-state index in [0.29, 0.717) is 0 Å². The Kier molecular flexibility index (Phi) is 2.47. The summed E-state index contributed by atoms with van der Waals surface area (Å²) >= 11 is 0. The number of ether oxygens (including phenoxy) is 1. The first-order valence-corrected chi connectivity index (χ1v) is 4.60. The van der Waals surface area contributed by atoms with Crippen molar-refractivity contribution in [2.24, 2.45) is 0 Å². The van der Waals surface area contributed by atoms with Crippen molar-refractivity contribution in [1.82, 2.24) is 0 Å². The average molecular weight is 236 g/mol. The third kappa shape index (κ3) is 1.69. The van der Waals surface area contributed by atoms with E-state index in [4.69, 9.17) is 14.3 Å². The molecule has 0 spiro atoms. The van der Waals surface area contributed by atoms with Gasteiger partial charge in [-0.25, -0.2) is 4.79 Å². The van der Waals surface area contributed by atoms with Crippen LogP contribution in [0.4, 0.5) is 0 Å². The third-order valence-electron chi connectivity index (χ3n) is 2.30. The van der Waals surface area contributed by atoms with Crippen LogP contribution in [0.3, 0.4) is 0 Å². The quantitative estimate of drug-likeness (QED) is 0.813. The van der Waals surface area contributed by atoms with Crippen LogP contribution in [0.15, 0.2) is 27.6 Å². The van der Waals surface area contributed by atoms with Crippen molar-refractivity contribution in [2.75, 3.05) is 7.11 Å². The van der Waals surface area contributed by atoms with Gasteiger partial charge in [0.1, 0.15) is 17.4 Å². The summed E-state index contributed by atoms with van der Waals surface area (Å²) in [6.45, 7) is 0. The number of methoxy groups -OCH3 is 1. The van der Waals surface area contributed by atoms with Gasteiger partial charge in [0.25, 0.3) is 0 Å². The average Bonchev–Trinajstić information content (AvgIpc) is 2.28. The van der Waals surface area contributed by atoms with Crippen LogP contribution in [0, 0.1) is 0 Å². The molecule has 2 aromatic rings. The van der Waals surface area contributed by atoms with Crippen LogP contribution in [-0.4, -0.2) is 23.3 Å². The predicted octanol–water partition coefficient (Wildman–Crippen LogP) is 1.21. The largest absolute Gasteiger partial charge is 0.504 e. The fraction of sp³-hybridized carbons (Fsp3) is 0.0909. The molecule has 2 rings (SSSR count). The molecule has 17 heavy (non-hydrogen) atoms. The molecule has 0 saturated heterocycles. The van der Waals surface area contributed by atoms with Crippen LogP contribution < -0.4 is 10.2 Å². The number of aromatic carboxylic acids is 1. The van der Waals surface area contributed by atoms with Crippen molar-refractivity contribution in [3.05, 3.63) is 34.2 Å². The Hall–Kier alpha value is -2.50. The van der Waals surface area contributed by atoms with Crippen molar-refractivity contribution in [3.8, 4) is 11.5 Å². The maximum Gasteiger partial charge on any atom is 0.342 e. The SMILES string of the molecule is COc1cc2c(=O)c(C(=O)O)coc2cc1O. The fourth-order valence-corrected chi connectivity index (χ4v) is 1.46. The number of aromatic hydroxyl groups is 1. The van der Waals surface area contributed by atoms with E-state index in [9.17, 15) is 14.7 Å². The van der Waals surface area contributed by atoms with Crippen LogP contribution in [0.2, 0.25) is 0 Å². The Balaban J connectivity index is 2.85. The second kappa shape index (κ2) is 3.82. The number of carboxylic acids is 1. The Morgan fingerprint density at radius 2 is 2.12 bits per heavy atom. The molecule has 0 fully saturated rings. The van der Waals surface area contributed by atoms with Gasteiger partial charge in [0.15, 0.2) is 11.5 Å². The van der Waals surface area contributed by atoms with Gasteiger partial charge in [0.2, 0.25) is 5.43 Å². The molecular formula is C11H8O6. The van der Waals surface area contributed by atoms with E-state index < -0.39 is 17.0 Å². The number of carbonyl (C=O) groups is 1. The second-order valence-corrected chi connectivity index (χ2v) is 3.30. The molecule has 1 heterocycles. The van der Waals surface area contributed by atoms with Gasteiger partial charge in [-0.3, -0.25) is 4.79 Å². The van der Waals surface area contributed by atoms with Gasteiger partial charge in [-0.05, 0) is 6.07 Å². The highest BCUT2D eigenvalue weighted by Crippen LogP contribution is 2.29. The van der Waals surface area contributed by atoms with Crippen LogP contribution in [-0.2, 0) is 0 Å². The summed E-state index contributed by atoms with van der Waals surface area (Å²) in [5, 5.41) is 18.3. The van der Waals surface area contributed by atoms with Crippen molar-refractivity contribution in [2.45, 2.75) is 0 Å². The first-order chi connectivity index (χ1) is 8.04. The maximum absolute atomic E-state index is 11.8. The van der Waals surface area contributed by atoms with E-state index >= 15 is 0 Å². The molecule has 0 unspecified atom stereocenters. The van der Waals surface area contributed by atoms with Crippen LogP contribution in [0.1, 0.15) is 10.4 Å². The summed E-state index contributed by atoms with van der Waals surface area (Å²) in [5.41, 5.74) is -1.06. The van der Waals surface area contributed by atoms with E-state index in [1.807, 2.05) is 0 Å². The number of phenols is 1. The first kappa shape index (κ1) is 11.0. The molecule has 0 aliphatic rings. The Morgan fingerprint density at radius 1 is 1.41 bits per heavy atom. The van der Waals surface area contributed by atoms with Gasteiger partial charge in [-0.1, -0.05) is 0 Å². The Labute approximate surface area is 94.7 Å². The number of hydrogen-bond donors (Lipinski definition) is 2. The summed E-state index contributed by atoms with van der Waals surface area (Å²) in [5.74, 6) is -1.48. The smallest absolute Gasteiger partial charge is 0.342 e. The molecule has 1 aromatic carbocycles. The lowest BCUT2D eigenvalue weighted by atomic mass is 10.1. The normalized spacial score (nSPS) is 10.4. The van der Waals surface area contributed by atoms with E-state index in [1.54, 1.807) is 0 Å². The number of phenolic OH excluding ortho intramolecular Hbond substituents is 1. The minimum absolute atomic E-state index is 0.0413. The minimum atomic E-state index is -1.37. The van der Waals surface area contributed by atoms with Crippen molar-refractivity contribution < 1.29 is 24.2 Å². The molecule has 6 nitrogen and oxygen atoms in total. The van der Waals surface area contributed by atoms with E-state index in [1.165, 1.54) is 19.2 Å². The number of hydrogen-bond acceptors (Lipinski definition) is 5. The van der Waals surface area contributed by atoms with Gasteiger partial charge in [0.05, 0.1) is 12.5 Å². The monoisotopic (exact) mass is 236 g/mol. The molecule has 0 amide bonds. The zero-order chi connectivity index (χ0) is 12.6. The Bertz CT molecular complexity index is 655. The topological polar surface area (TPSA) is 97.0 Å². The van der Waals surface area contributed by atoms with Gasteiger partial charge in [-0.2, -0.15) is 0 Å². The first-order valence-electron chi connectivity index (χ1n) is 4.60. The lowest BCUT2D eigenvalue weighted by Crippen LogP contribution is -2.14. The van der Waals surface area contributed by atoms with Crippen LogP contribution >= 0.6 is 0 Å². The summed E-state index contributed by atoms with van der Waals surface area (Å²) in [7, 11) is 1.32. The molecule has 0 bridgehead atoms. The van der Waals surface area contributed by atoms with Crippen LogP contribution in [0.5, 0.6) is 11.5 Å². The van der Waals surface area contributed by atoms with E-state index in [-0.39, 0.29) is 22.5 Å². The van der Waals surface area contributed by atoms with Crippen LogP contribution in [0.25, 0.3) is 11.0 Å². The predicted molar refractivity (Wildman–Crippen MR) is 57.7 cm³/mol. The molecule has 2 N–H and O–H groups in total. The van der Waals surface area contributed by atoms with Crippen molar-refractivity contribution in [1.29, 1.82) is 0 Å². The van der Waals surface area contributed by atoms with Gasteiger partial charge >= 0.3 is 5.97 Å². The van der Waals surface area contributed by atoms with Crippen molar-refractivity contribution >= 4 is 16.9 Å². The van der Waals surface area contributed by atoms with Gasteiger partial charge in [0, 0.05) is 6.07 Å². The third-order valence-corrected chi connectivity index (χ3v) is 2.30. The summed E-state index contributed by atoms with van der Waals surface area (Å²) in [6, 6.07) is 2.43. The molecule has 0 aliphatic carbocycles. The number of carboxylic acid groups (broad SMARTS) is 1. The summed E-state index contributed by atoms with van der Waals surface area (Å²) in [4.78, 5) is 22.5. The highest BCUT2D eigenvalue weighted by atomic mass is 16.5. The zero-order valence-corrected chi connectivity index (χ0v) is 8.76. The van der Waals surface area contributed by atoms with E-state index in [2.05, 4.69) is 0 Å². The van der Waals surface area contributed by atoms with Gasteiger partial charge < -0.3 is 19.4 Å². The highest BCUT2D eigenvalue weighted by molar-refractivity contribution is 5.92. The molecule has 6 heteroatoms. The molecule has 0 aliphatic heterocycles. The lowest BCUT2D eigenvalue weighted by molar-refractivity contribution is 0.0693. The summed E-state index contributed by atoms with van der Waals surface area (Å²) < 4.78 is 9.80. The number of benzene rings is 1. The number of rotatable bonds is 2. The molecule has 0 radical (unpaired) electrons. The minimum Gasteiger partial charge on any atom is -0.504 e. The second-order valence-electron chi connectivity index (χ2n) is 3.30.